The molecule has 4 N–H and O–H groups in total. The highest BCUT2D eigenvalue weighted by molar-refractivity contribution is 5.72. The SMILES string of the molecule is CC(C(=O)O)N1CCNCCNCCNCC1. The van der Waals surface area contributed by atoms with Gasteiger partial charge in [-0.2, -0.15) is 0 Å². The Labute approximate surface area is 103 Å². The first-order valence-corrected chi connectivity index (χ1v) is 6.31. The van der Waals surface area contributed by atoms with Crippen molar-refractivity contribution in [1.29, 1.82) is 0 Å². The molecule has 0 aromatic heterocycles. The zero-order chi connectivity index (χ0) is 12.5. The van der Waals surface area contributed by atoms with E-state index in [1.54, 1.807) is 6.92 Å². The van der Waals surface area contributed by atoms with Gasteiger partial charge in [-0.25, -0.2) is 0 Å². The van der Waals surface area contributed by atoms with Crippen molar-refractivity contribution < 1.29 is 9.90 Å². The van der Waals surface area contributed by atoms with E-state index >= 15 is 0 Å². The summed E-state index contributed by atoms with van der Waals surface area (Å²) >= 11 is 0. The third-order valence-corrected chi connectivity index (χ3v) is 3.01. The van der Waals surface area contributed by atoms with Crippen molar-refractivity contribution in [2.24, 2.45) is 0 Å². The lowest BCUT2D eigenvalue weighted by Gasteiger charge is -2.27. The second kappa shape index (κ2) is 8.41. The lowest BCUT2D eigenvalue weighted by molar-refractivity contribution is -0.142. The minimum atomic E-state index is -0.751. The topological polar surface area (TPSA) is 76.6 Å². The molecule has 0 amide bonds. The van der Waals surface area contributed by atoms with Crippen LogP contribution in [0.3, 0.4) is 0 Å². The lowest BCUT2D eigenvalue weighted by Crippen LogP contribution is -2.47. The van der Waals surface area contributed by atoms with Crippen molar-refractivity contribution in [1.82, 2.24) is 20.9 Å². The van der Waals surface area contributed by atoms with E-state index in [4.69, 9.17) is 5.11 Å². The Morgan fingerprint density at radius 3 is 1.82 bits per heavy atom. The van der Waals surface area contributed by atoms with Crippen LogP contribution in [0.4, 0.5) is 0 Å². The number of nitrogens with zero attached hydrogens (tertiary/aromatic N) is 1. The molecule has 0 aromatic rings. The summed E-state index contributed by atoms with van der Waals surface area (Å²) in [5.41, 5.74) is 0. The van der Waals surface area contributed by atoms with Gasteiger partial charge in [-0.05, 0) is 6.92 Å². The number of carboxylic acids is 1. The van der Waals surface area contributed by atoms with Gasteiger partial charge in [0, 0.05) is 52.4 Å². The molecule has 0 saturated carbocycles. The van der Waals surface area contributed by atoms with Crippen molar-refractivity contribution in [2.75, 3.05) is 52.4 Å². The smallest absolute Gasteiger partial charge is 0.320 e. The van der Waals surface area contributed by atoms with Crippen LogP contribution < -0.4 is 16.0 Å². The Morgan fingerprint density at radius 2 is 1.41 bits per heavy atom. The Balaban J connectivity index is 2.39. The highest BCUT2D eigenvalue weighted by Gasteiger charge is 2.19. The van der Waals surface area contributed by atoms with Crippen molar-refractivity contribution in [3.63, 3.8) is 0 Å². The number of carboxylic acid groups (broad SMARTS) is 1. The van der Waals surface area contributed by atoms with Crippen LogP contribution in [0.2, 0.25) is 0 Å². The second-order valence-corrected chi connectivity index (χ2v) is 4.30. The summed E-state index contributed by atoms with van der Waals surface area (Å²) < 4.78 is 0. The van der Waals surface area contributed by atoms with Crippen LogP contribution in [0.5, 0.6) is 0 Å². The molecular weight excluding hydrogens is 220 g/mol. The molecule has 0 radical (unpaired) electrons. The summed E-state index contributed by atoms with van der Waals surface area (Å²) in [7, 11) is 0. The number of hydrogen-bond acceptors (Lipinski definition) is 5. The molecule has 100 valence electrons. The van der Waals surface area contributed by atoms with Gasteiger partial charge in [0.1, 0.15) is 6.04 Å². The van der Waals surface area contributed by atoms with E-state index in [0.717, 1.165) is 52.4 Å². The van der Waals surface area contributed by atoms with Crippen LogP contribution in [0.25, 0.3) is 0 Å². The van der Waals surface area contributed by atoms with Gasteiger partial charge in [0.25, 0.3) is 0 Å². The molecule has 1 unspecified atom stereocenters. The summed E-state index contributed by atoms with van der Waals surface area (Å²) in [6.07, 6.45) is 0. The lowest BCUT2D eigenvalue weighted by atomic mass is 10.2. The first-order chi connectivity index (χ1) is 8.22. The van der Waals surface area contributed by atoms with Crippen LogP contribution in [0.1, 0.15) is 6.92 Å². The predicted octanol–water partition coefficient (Wildman–Crippen LogP) is -1.46. The number of rotatable bonds is 2. The standard InChI is InChI=1S/C11H24N4O2/c1-10(11(16)17)15-8-6-13-4-2-12-3-5-14-7-9-15/h10,12-14H,2-9H2,1H3,(H,16,17). The molecule has 1 fully saturated rings. The second-order valence-electron chi connectivity index (χ2n) is 4.30. The number of aliphatic carboxylic acids is 1. The molecule has 6 heteroatoms. The Hall–Kier alpha value is -0.690. The van der Waals surface area contributed by atoms with Gasteiger partial charge in [-0.1, -0.05) is 0 Å². The molecule has 1 heterocycles. The highest BCUT2D eigenvalue weighted by Crippen LogP contribution is 1.98. The molecule has 6 nitrogen and oxygen atoms in total. The first kappa shape index (κ1) is 14.4. The van der Waals surface area contributed by atoms with E-state index in [0.29, 0.717) is 0 Å². The van der Waals surface area contributed by atoms with Crippen molar-refractivity contribution in [3.8, 4) is 0 Å². The molecule has 0 bridgehead atoms. The Morgan fingerprint density at radius 1 is 1.00 bits per heavy atom. The van der Waals surface area contributed by atoms with Crippen LogP contribution in [0.15, 0.2) is 0 Å². The Bertz CT molecular complexity index is 214. The van der Waals surface area contributed by atoms with E-state index in [2.05, 4.69) is 16.0 Å². The van der Waals surface area contributed by atoms with Gasteiger partial charge in [-0.15, -0.1) is 0 Å². The molecule has 1 aliphatic rings. The van der Waals surface area contributed by atoms with Gasteiger partial charge in [-0.3, -0.25) is 9.69 Å². The average Bonchev–Trinajstić information content (AvgIpc) is 2.29. The Kier molecular flexibility index (Phi) is 7.11. The summed E-state index contributed by atoms with van der Waals surface area (Å²) in [6, 6.07) is -0.417. The monoisotopic (exact) mass is 244 g/mol. The zero-order valence-corrected chi connectivity index (χ0v) is 10.5. The fourth-order valence-corrected chi connectivity index (χ4v) is 1.83. The fraction of sp³-hybridized carbons (Fsp3) is 0.909. The highest BCUT2D eigenvalue weighted by atomic mass is 16.4. The maximum atomic E-state index is 11.0. The van der Waals surface area contributed by atoms with Gasteiger partial charge in [0.15, 0.2) is 0 Å². The van der Waals surface area contributed by atoms with E-state index < -0.39 is 12.0 Å². The molecule has 1 atom stereocenters. The van der Waals surface area contributed by atoms with Gasteiger partial charge in [0.2, 0.25) is 0 Å². The number of hydrogen-bond donors (Lipinski definition) is 4. The molecule has 1 aliphatic heterocycles. The first-order valence-electron chi connectivity index (χ1n) is 6.31. The average molecular weight is 244 g/mol. The number of nitrogens with one attached hydrogen (secondary N) is 3. The largest absolute Gasteiger partial charge is 0.480 e. The molecule has 17 heavy (non-hydrogen) atoms. The molecule has 0 spiro atoms. The summed E-state index contributed by atoms with van der Waals surface area (Å²) in [5, 5.41) is 19.0. The van der Waals surface area contributed by atoms with Crippen LogP contribution >= 0.6 is 0 Å². The molecule has 0 aromatic carbocycles. The van der Waals surface area contributed by atoms with Crippen LogP contribution in [-0.4, -0.2) is 74.4 Å². The molecule has 0 aliphatic carbocycles. The van der Waals surface area contributed by atoms with Gasteiger partial charge >= 0.3 is 5.97 Å². The fourth-order valence-electron chi connectivity index (χ4n) is 1.83. The maximum absolute atomic E-state index is 11.0. The quantitative estimate of drug-likeness (QED) is 0.476. The van der Waals surface area contributed by atoms with E-state index in [9.17, 15) is 4.79 Å². The summed E-state index contributed by atoms with van der Waals surface area (Å²) in [5.74, 6) is -0.751. The van der Waals surface area contributed by atoms with Crippen LogP contribution in [-0.2, 0) is 4.79 Å². The molecular formula is C11H24N4O2. The third kappa shape index (κ3) is 5.97. The minimum absolute atomic E-state index is 0.417. The number of carbonyl (C=O) groups is 1. The normalized spacial score (nSPS) is 23.4. The van der Waals surface area contributed by atoms with E-state index in [-0.39, 0.29) is 0 Å². The van der Waals surface area contributed by atoms with E-state index in [1.807, 2.05) is 4.90 Å². The minimum Gasteiger partial charge on any atom is -0.480 e. The van der Waals surface area contributed by atoms with Crippen molar-refractivity contribution >= 4 is 5.97 Å². The van der Waals surface area contributed by atoms with Crippen molar-refractivity contribution in [3.05, 3.63) is 0 Å². The summed E-state index contributed by atoms with van der Waals surface area (Å²) in [4.78, 5) is 13.0. The van der Waals surface area contributed by atoms with Crippen molar-refractivity contribution in [2.45, 2.75) is 13.0 Å². The predicted molar refractivity (Wildman–Crippen MR) is 67.3 cm³/mol. The van der Waals surface area contributed by atoms with Gasteiger partial charge in [0.05, 0.1) is 0 Å². The molecule has 1 saturated heterocycles. The third-order valence-electron chi connectivity index (χ3n) is 3.01. The maximum Gasteiger partial charge on any atom is 0.320 e. The zero-order valence-electron chi connectivity index (χ0n) is 10.5. The summed E-state index contributed by atoms with van der Waals surface area (Å²) in [6.45, 7) is 8.72. The van der Waals surface area contributed by atoms with Crippen LogP contribution in [0, 0.1) is 0 Å². The molecule has 1 rings (SSSR count). The van der Waals surface area contributed by atoms with E-state index in [1.165, 1.54) is 0 Å². The van der Waals surface area contributed by atoms with Gasteiger partial charge < -0.3 is 21.1 Å².